The lowest BCUT2D eigenvalue weighted by molar-refractivity contribution is -0.142. The van der Waals surface area contributed by atoms with Crippen molar-refractivity contribution < 1.29 is 9.90 Å². The first-order chi connectivity index (χ1) is 7.60. The van der Waals surface area contributed by atoms with Gasteiger partial charge in [0.1, 0.15) is 5.54 Å². The van der Waals surface area contributed by atoms with Crippen molar-refractivity contribution in [1.29, 1.82) is 0 Å². The molecule has 5 nitrogen and oxygen atoms in total. The van der Waals surface area contributed by atoms with E-state index in [9.17, 15) is 4.79 Å². The zero-order chi connectivity index (χ0) is 11.6. The normalized spacial score (nSPS) is 32.3. The molecule has 0 amide bonds. The van der Waals surface area contributed by atoms with E-state index in [4.69, 9.17) is 10.8 Å². The largest absolute Gasteiger partial charge is 0.480 e. The second-order valence-corrected chi connectivity index (χ2v) is 5.04. The van der Waals surface area contributed by atoms with Crippen LogP contribution in [0.4, 0.5) is 0 Å². The minimum Gasteiger partial charge on any atom is -0.480 e. The minimum absolute atomic E-state index is 0.496. The maximum Gasteiger partial charge on any atom is 0.325 e. The molecular weight excluding hydrogens is 206 g/mol. The van der Waals surface area contributed by atoms with Crippen molar-refractivity contribution in [3.05, 3.63) is 0 Å². The van der Waals surface area contributed by atoms with Gasteiger partial charge in [0.05, 0.1) is 0 Å². The molecule has 2 saturated heterocycles. The fourth-order valence-corrected chi connectivity index (χ4v) is 2.57. The third-order valence-electron chi connectivity index (χ3n) is 3.74. The molecule has 0 saturated carbocycles. The Morgan fingerprint density at radius 1 is 1.19 bits per heavy atom. The summed E-state index contributed by atoms with van der Waals surface area (Å²) in [5.41, 5.74) is 4.81. The van der Waals surface area contributed by atoms with Crippen LogP contribution in [-0.4, -0.2) is 65.7 Å². The van der Waals surface area contributed by atoms with Crippen LogP contribution in [0.1, 0.15) is 19.3 Å². The molecular formula is C11H21N3O2. The first-order valence-corrected chi connectivity index (χ1v) is 6.07. The molecule has 2 aliphatic heterocycles. The number of hydrogen-bond acceptors (Lipinski definition) is 4. The summed E-state index contributed by atoms with van der Waals surface area (Å²) in [6, 6.07) is 0. The Bertz CT molecular complexity index is 266. The summed E-state index contributed by atoms with van der Waals surface area (Å²) in [7, 11) is 0. The average Bonchev–Trinajstić information content (AvgIpc) is 2.85. The summed E-state index contributed by atoms with van der Waals surface area (Å²) in [6.07, 6.45) is 3.17. The van der Waals surface area contributed by atoms with Crippen LogP contribution in [0, 0.1) is 0 Å². The quantitative estimate of drug-likeness (QED) is 0.682. The van der Waals surface area contributed by atoms with Crippen molar-refractivity contribution in [2.45, 2.75) is 24.8 Å². The van der Waals surface area contributed by atoms with Crippen molar-refractivity contribution in [1.82, 2.24) is 9.80 Å². The molecule has 0 aromatic heterocycles. The topological polar surface area (TPSA) is 69.8 Å². The number of hydrogen-bond donors (Lipinski definition) is 2. The minimum atomic E-state index is -1.01. The van der Waals surface area contributed by atoms with E-state index in [1.165, 1.54) is 25.9 Å². The number of nitrogens with zero attached hydrogens (tertiary/aromatic N) is 2. The van der Waals surface area contributed by atoms with Gasteiger partial charge in [-0.05, 0) is 32.4 Å². The lowest BCUT2D eigenvalue weighted by Crippen LogP contribution is -2.50. The van der Waals surface area contributed by atoms with E-state index in [-0.39, 0.29) is 0 Å². The predicted octanol–water partition coefficient (Wildman–Crippen LogP) is -0.430. The molecule has 2 rings (SSSR count). The van der Waals surface area contributed by atoms with Gasteiger partial charge >= 0.3 is 5.97 Å². The van der Waals surface area contributed by atoms with Gasteiger partial charge < -0.3 is 15.7 Å². The summed E-state index contributed by atoms with van der Waals surface area (Å²) < 4.78 is 0. The number of aliphatic carboxylic acids is 1. The van der Waals surface area contributed by atoms with Gasteiger partial charge in [-0.25, -0.2) is 0 Å². The smallest absolute Gasteiger partial charge is 0.325 e. The highest BCUT2D eigenvalue weighted by Gasteiger charge is 2.40. The number of nitrogens with two attached hydrogens (primary N) is 1. The fraction of sp³-hybridized carbons (Fsp3) is 0.909. The molecule has 0 bridgehead atoms. The molecule has 3 N–H and O–H groups in total. The van der Waals surface area contributed by atoms with Crippen LogP contribution < -0.4 is 5.73 Å². The molecule has 0 aromatic rings. The van der Waals surface area contributed by atoms with Gasteiger partial charge in [0, 0.05) is 26.2 Å². The molecule has 0 spiro atoms. The van der Waals surface area contributed by atoms with Crippen LogP contribution in [0.15, 0.2) is 0 Å². The van der Waals surface area contributed by atoms with Crippen molar-refractivity contribution in [3.8, 4) is 0 Å². The van der Waals surface area contributed by atoms with E-state index in [2.05, 4.69) is 9.80 Å². The van der Waals surface area contributed by atoms with Crippen LogP contribution >= 0.6 is 0 Å². The molecule has 2 aliphatic rings. The van der Waals surface area contributed by atoms with Crippen LogP contribution in [-0.2, 0) is 4.79 Å². The van der Waals surface area contributed by atoms with Crippen molar-refractivity contribution >= 4 is 5.97 Å². The average molecular weight is 227 g/mol. The first-order valence-electron chi connectivity index (χ1n) is 6.07. The standard InChI is InChI=1S/C11H21N3O2/c12-11(10(15)16)3-6-14(9-11)8-7-13-4-1-2-5-13/h1-9,12H2,(H,15,16). The van der Waals surface area contributed by atoms with Gasteiger partial charge in [0.15, 0.2) is 0 Å². The fourth-order valence-electron chi connectivity index (χ4n) is 2.57. The Labute approximate surface area is 96.2 Å². The summed E-state index contributed by atoms with van der Waals surface area (Å²) >= 11 is 0. The molecule has 1 unspecified atom stereocenters. The maximum absolute atomic E-state index is 11.0. The van der Waals surface area contributed by atoms with Gasteiger partial charge in [0.2, 0.25) is 0 Å². The summed E-state index contributed by atoms with van der Waals surface area (Å²) in [5, 5.41) is 9.01. The molecule has 0 aromatic carbocycles. The molecule has 5 heteroatoms. The maximum atomic E-state index is 11.0. The SMILES string of the molecule is NC1(C(=O)O)CCN(CCN2CCCC2)C1. The van der Waals surface area contributed by atoms with Gasteiger partial charge in [-0.15, -0.1) is 0 Å². The second-order valence-electron chi connectivity index (χ2n) is 5.04. The van der Waals surface area contributed by atoms with Gasteiger partial charge in [-0.3, -0.25) is 9.69 Å². The molecule has 92 valence electrons. The summed E-state index contributed by atoms with van der Waals surface area (Å²) in [6.45, 7) is 5.70. The highest BCUT2D eigenvalue weighted by Crippen LogP contribution is 2.19. The third kappa shape index (κ3) is 2.53. The zero-order valence-corrected chi connectivity index (χ0v) is 9.69. The van der Waals surface area contributed by atoms with E-state index >= 15 is 0 Å². The molecule has 2 heterocycles. The highest BCUT2D eigenvalue weighted by atomic mass is 16.4. The van der Waals surface area contributed by atoms with Gasteiger partial charge in [-0.1, -0.05) is 0 Å². The zero-order valence-electron chi connectivity index (χ0n) is 9.69. The summed E-state index contributed by atoms with van der Waals surface area (Å²) in [5.74, 6) is -0.865. The number of rotatable bonds is 4. The predicted molar refractivity (Wildman–Crippen MR) is 61.3 cm³/mol. The Kier molecular flexibility index (Phi) is 3.47. The van der Waals surface area contributed by atoms with Crippen LogP contribution in [0.5, 0.6) is 0 Å². The van der Waals surface area contributed by atoms with Crippen LogP contribution in [0.25, 0.3) is 0 Å². The second kappa shape index (κ2) is 4.69. The van der Waals surface area contributed by atoms with Crippen molar-refractivity contribution in [2.75, 3.05) is 39.3 Å². The number of carbonyl (C=O) groups is 1. The molecule has 1 atom stereocenters. The molecule has 0 radical (unpaired) electrons. The Balaban J connectivity index is 1.74. The Morgan fingerprint density at radius 2 is 1.81 bits per heavy atom. The number of likely N-dealkylation sites (tertiary alicyclic amines) is 2. The Hall–Kier alpha value is -0.650. The monoisotopic (exact) mass is 227 g/mol. The molecule has 2 fully saturated rings. The van der Waals surface area contributed by atoms with Crippen molar-refractivity contribution in [3.63, 3.8) is 0 Å². The van der Waals surface area contributed by atoms with Crippen LogP contribution in [0.3, 0.4) is 0 Å². The van der Waals surface area contributed by atoms with E-state index < -0.39 is 11.5 Å². The highest BCUT2D eigenvalue weighted by molar-refractivity contribution is 5.79. The number of carboxylic acid groups (broad SMARTS) is 1. The first kappa shape index (κ1) is 11.8. The third-order valence-corrected chi connectivity index (χ3v) is 3.74. The van der Waals surface area contributed by atoms with E-state index in [1.807, 2.05) is 0 Å². The van der Waals surface area contributed by atoms with Crippen molar-refractivity contribution in [2.24, 2.45) is 5.73 Å². The molecule has 16 heavy (non-hydrogen) atoms. The van der Waals surface area contributed by atoms with Gasteiger partial charge in [-0.2, -0.15) is 0 Å². The molecule has 0 aliphatic carbocycles. The van der Waals surface area contributed by atoms with Gasteiger partial charge in [0.25, 0.3) is 0 Å². The lowest BCUT2D eigenvalue weighted by atomic mass is 10.0. The van der Waals surface area contributed by atoms with E-state index in [0.29, 0.717) is 13.0 Å². The van der Waals surface area contributed by atoms with E-state index in [1.54, 1.807) is 0 Å². The Morgan fingerprint density at radius 3 is 2.38 bits per heavy atom. The summed E-state index contributed by atoms with van der Waals surface area (Å²) in [4.78, 5) is 15.6. The van der Waals surface area contributed by atoms with Crippen LogP contribution in [0.2, 0.25) is 0 Å². The number of carboxylic acids is 1. The lowest BCUT2D eigenvalue weighted by Gasteiger charge is -2.22. The van der Waals surface area contributed by atoms with E-state index in [0.717, 1.165) is 19.6 Å².